The Kier molecular flexibility index (Phi) is 6.49. The molecule has 0 spiro atoms. The largest absolute Gasteiger partial charge is 0.466 e. The number of rotatable bonds is 7. The van der Waals surface area contributed by atoms with E-state index < -0.39 is 0 Å². The van der Waals surface area contributed by atoms with Crippen molar-refractivity contribution in [2.24, 2.45) is 0 Å². The molecule has 3 aromatic rings. The standard InChI is InChI=1S/C22H25N3O3S/c1-13(23-16(4)26)5-6-17-7-9-18(10-8-17)20-12-29-22(24-20)25-21(27)19-11-14(2)28-15(19)3/h7-13H,5-6H2,1-4H3,(H,23,26)(H,24,25,27). The minimum atomic E-state index is -0.219. The highest BCUT2D eigenvalue weighted by Gasteiger charge is 2.15. The van der Waals surface area contributed by atoms with Crippen LogP contribution < -0.4 is 10.6 Å². The molecular formula is C22H25N3O3S. The molecule has 2 N–H and O–H groups in total. The quantitative estimate of drug-likeness (QED) is 0.589. The summed E-state index contributed by atoms with van der Waals surface area (Å²) < 4.78 is 5.41. The third kappa shape index (κ3) is 5.54. The van der Waals surface area contributed by atoms with E-state index in [1.807, 2.05) is 31.4 Å². The second-order valence-corrected chi connectivity index (χ2v) is 8.01. The number of benzene rings is 1. The smallest absolute Gasteiger partial charge is 0.260 e. The molecule has 2 amide bonds. The summed E-state index contributed by atoms with van der Waals surface area (Å²) in [6, 6.07) is 10.1. The van der Waals surface area contributed by atoms with Crippen LogP contribution in [0.2, 0.25) is 0 Å². The Morgan fingerprint density at radius 1 is 1.21 bits per heavy atom. The fraction of sp³-hybridized carbons (Fsp3) is 0.318. The maximum absolute atomic E-state index is 12.4. The van der Waals surface area contributed by atoms with E-state index in [0.717, 1.165) is 24.1 Å². The fourth-order valence-electron chi connectivity index (χ4n) is 3.13. The molecule has 3 rings (SSSR count). The van der Waals surface area contributed by atoms with Gasteiger partial charge in [-0.2, -0.15) is 0 Å². The molecule has 0 bridgehead atoms. The van der Waals surface area contributed by atoms with Crippen molar-refractivity contribution in [1.82, 2.24) is 10.3 Å². The third-order valence-corrected chi connectivity index (χ3v) is 5.33. The van der Waals surface area contributed by atoms with Crippen LogP contribution >= 0.6 is 11.3 Å². The molecule has 0 radical (unpaired) electrons. The first kappa shape index (κ1) is 20.8. The van der Waals surface area contributed by atoms with Crippen molar-refractivity contribution in [3.63, 3.8) is 0 Å². The molecule has 2 heterocycles. The van der Waals surface area contributed by atoms with E-state index in [-0.39, 0.29) is 17.9 Å². The second-order valence-electron chi connectivity index (χ2n) is 7.16. The lowest BCUT2D eigenvalue weighted by Crippen LogP contribution is -2.30. The summed E-state index contributed by atoms with van der Waals surface area (Å²) in [7, 11) is 0. The van der Waals surface area contributed by atoms with Crippen molar-refractivity contribution < 1.29 is 14.0 Å². The predicted octanol–water partition coefficient (Wildman–Crippen LogP) is 4.73. The minimum Gasteiger partial charge on any atom is -0.466 e. The summed E-state index contributed by atoms with van der Waals surface area (Å²) in [5.41, 5.74) is 3.55. The molecule has 0 saturated carbocycles. The Morgan fingerprint density at radius 2 is 1.93 bits per heavy atom. The summed E-state index contributed by atoms with van der Waals surface area (Å²) in [6.07, 6.45) is 1.78. The number of nitrogens with zero attached hydrogens (tertiary/aromatic N) is 1. The molecule has 0 saturated heterocycles. The van der Waals surface area contributed by atoms with Crippen molar-refractivity contribution in [2.75, 3.05) is 5.32 Å². The number of aryl methyl sites for hydroxylation is 3. The number of carbonyl (C=O) groups excluding carboxylic acids is 2. The van der Waals surface area contributed by atoms with Crippen molar-refractivity contribution in [3.8, 4) is 11.3 Å². The van der Waals surface area contributed by atoms with Crippen LogP contribution in [0.15, 0.2) is 40.1 Å². The molecule has 7 heteroatoms. The summed E-state index contributed by atoms with van der Waals surface area (Å²) in [6.45, 7) is 7.13. The first-order chi connectivity index (χ1) is 13.8. The molecule has 0 aliphatic carbocycles. The van der Waals surface area contributed by atoms with E-state index in [1.54, 1.807) is 13.0 Å². The number of hydrogen-bond donors (Lipinski definition) is 2. The van der Waals surface area contributed by atoms with E-state index in [9.17, 15) is 9.59 Å². The second kappa shape index (κ2) is 9.05. The van der Waals surface area contributed by atoms with Crippen LogP contribution in [-0.4, -0.2) is 22.8 Å². The van der Waals surface area contributed by atoms with Gasteiger partial charge < -0.3 is 9.73 Å². The molecule has 6 nitrogen and oxygen atoms in total. The van der Waals surface area contributed by atoms with Gasteiger partial charge in [0.25, 0.3) is 5.91 Å². The Labute approximate surface area is 174 Å². The molecule has 29 heavy (non-hydrogen) atoms. The number of hydrogen-bond acceptors (Lipinski definition) is 5. The van der Waals surface area contributed by atoms with E-state index in [4.69, 9.17) is 4.42 Å². The average Bonchev–Trinajstić information content (AvgIpc) is 3.26. The monoisotopic (exact) mass is 411 g/mol. The van der Waals surface area contributed by atoms with Gasteiger partial charge in [0, 0.05) is 23.9 Å². The number of aromatic nitrogens is 1. The summed E-state index contributed by atoms with van der Waals surface area (Å²) in [4.78, 5) is 28.0. The highest BCUT2D eigenvalue weighted by molar-refractivity contribution is 7.14. The van der Waals surface area contributed by atoms with Gasteiger partial charge in [0.1, 0.15) is 11.5 Å². The lowest BCUT2D eigenvalue weighted by Gasteiger charge is -2.12. The molecule has 1 aromatic carbocycles. The molecular weight excluding hydrogens is 386 g/mol. The number of furan rings is 1. The van der Waals surface area contributed by atoms with E-state index in [2.05, 4.69) is 27.8 Å². The van der Waals surface area contributed by atoms with Crippen LogP contribution in [0.25, 0.3) is 11.3 Å². The highest BCUT2D eigenvalue weighted by Crippen LogP contribution is 2.26. The number of carbonyl (C=O) groups is 2. The molecule has 1 atom stereocenters. The van der Waals surface area contributed by atoms with Gasteiger partial charge in [-0.25, -0.2) is 4.98 Å². The predicted molar refractivity (Wildman–Crippen MR) is 115 cm³/mol. The van der Waals surface area contributed by atoms with Gasteiger partial charge in [0.2, 0.25) is 5.91 Å². The summed E-state index contributed by atoms with van der Waals surface area (Å²) >= 11 is 1.39. The first-order valence-corrected chi connectivity index (χ1v) is 10.4. The molecule has 2 aromatic heterocycles. The molecule has 0 aliphatic heterocycles. The van der Waals surface area contributed by atoms with Crippen molar-refractivity contribution in [1.29, 1.82) is 0 Å². The normalized spacial score (nSPS) is 11.9. The summed E-state index contributed by atoms with van der Waals surface area (Å²) in [5.74, 6) is 1.08. The highest BCUT2D eigenvalue weighted by atomic mass is 32.1. The lowest BCUT2D eigenvalue weighted by atomic mass is 10.0. The topological polar surface area (TPSA) is 84.2 Å². The first-order valence-electron chi connectivity index (χ1n) is 9.52. The van der Waals surface area contributed by atoms with Gasteiger partial charge in [0.05, 0.1) is 11.3 Å². The zero-order valence-electron chi connectivity index (χ0n) is 17.0. The fourth-order valence-corrected chi connectivity index (χ4v) is 3.84. The van der Waals surface area contributed by atoms with Gasteiger partial charge >= 0.3 is 0 Å². The van der Waals surface area contributed by atoms with Crippen LogP contribution in [0.5, 0.6) is 0 Å². The van der Waals surface area contributed by atoms with Crippen molar-refractivity contribution in [3.05, 3.63) is 58.4 Å². The SMILES string of the molecule is CC(=O)NC(C)CCc1ccc(-c2csc(NC(=O)c3cc(C)oc3C)n2)cc1. The minimum absolute atomic E-state index is 0.00246. The molecule has 0 aliphatic rings. The zero-order valence-corrected chi connectivity index (χ0v) is 17.9. The number of amides is 2. The molecule has 1 unspecified atom stereocenters. The van der Waals surface area contributed by atoms with Crippen molar-refractivity contribution in [2.45, 2.75) is 46.6 Å². The maximum Gasteiger partial charge on any atom is 0.260 e. The van der Waals surface area contributed by atoms with E-state index >= 15 is 0 Å². The Bertz CT molecular complexity index is 1000. The van der Waals surface area contributed by atoms with Crippen LogP contribution in [0.3, 0.4) is 0 Å². The van der Waals surface area contributed by atoms with Gasteiger partial charge in [-0.05, 0) is 45.2 Å². The van der Waals surface area contributed by atoms with Gasteiger partial charge in [-0.1, -0.05) is 24.3 Å². The van der Waals surface area contributed by atoms with Gasteiger partial charge in [-0.15, -0.1) is 11.3 Å². The third-order valence-electron chi connectivity index (χ3n) is 4.58. The number of nitrogens with one attached hydrogen (secondary N) is 2. The summed E-state index contributed by atoms with van der Waals surface area (Å²) in [5, 5.41) is 8.21. The van der Waals surface area contributed by atoms with E-state index in [1.165, 1.54) is 23.8 Å². The van der Waals surface area contributed by atoms with Gasteiger partial charge in [-0.3, -0.25) is 14.9 Å². The lowest BCUT2D eigenvalue weighted by molar-refractivity contribution is -0.119. The van der Waals surface area contributed by atoms with Crippen LogP contribution in [0, 0.1) is 13.8 Å². The van der Waals surface area contributed by atoms with Crippen LogP contribution in [0.1, 0.15) is 47.7 Å². The number of thiazole rings is 1. The van der Waals surface area contributed by atoms with Crippen LogP contribution in [0.4, 0.5) is 5.13 Å². The average molecular weight is 412 g/mol. The zero-order chi connectivity index (χ0) is 21.0. The van der Waals surface area contributed by atoms with E-state index in [0.29, 0.717) is 22.2 Å². The van der Waals surface area contributed by atoms with Crippen LogP contribution in [-0.2, 0) is 11.2 Å². The Hall–Kier alpha value is -2.93. The Morgan fingerprint density at radius 3 is 2.55 bits per heavy atom. The van der Waals surface area contributed by atoms with Crippen molar-refractivity contribution >= 4 is 28.3 Å². The number of anilines is 1. The van der Waals surface area contributed by atoms with Gasteiger partial charge in [0.15, 0.2) is 5.13 Å². The molecule has 0 fully saturated rings. The Balaban J connectivity index is 1.60. The maximum atomic E-state index is 12.4. The molecule has 152 valence electrons.